The number of guanidine groups is 1. The fourth-order valence-corrected chi connectivity index (χ4v) is 3.70. The molecule has 2 fully saturated rings. The van der Waals surface area contributed by atoms with Gasteiger partial charge in [0.15, 0.2) is 5.96 Å². The highest BCUT2D eigenvalue weighted by molar-refractivity contribution is 14.0. The monoisotopic (exact) mass is 477 g/mol. The number of likely N-dealkylation sites (N-methyl/N-ethyl adjacent to an activating group) is 1. The quantitative estimate of drug-likeness (QED) is 0.350. The highest BCUT2D eigenvalue weighted by Gasteiger charge is 2.34. The van der Waals surface area contributed by atoms with Crippen LogP contribution in [0.4, 0.5) is 13.2 Å². The Kier molecular flexibility index (Phi) is 9.79. The van der Waals surface area contributed by atoms with Crippen molar-refractivity contribution in [3.05, 3.63) is 0 Å². The summed E-state index contributed by atoms with van der Waals surface area (Å²) in [5.41, 5.74) is 0. The summed E-state index contributed by atoms with van der Waals surface area (Å²) in [4.78, 5) is 8.17. The molecule has 0 amide bonds. The second-order valence-corrected chi connectivity index (χ2v) is 6.76. The molecule has 2 unspecified atom stereocenters. The van der Waals surface area contributed by atoms with Crippen molar-refractivity contribution in [2.45, 2.75) is 38.4 Å². The average molecular weight is 477 g/mol. The van der Waals surface area contributed by atoms with Crippen molar-refractivity contribution in [2.24, 2.45) is 10.9 Å². The van der Waals surface area contributed by atoms with E-state index in [2.05, 4.69) is 27.4 Å². The molecular formula is C16H31F3IN5. The molecule has 2 saturated heterocycles. The van der Waals surface area contributed by atoms with Crippen LogP contribution in [0.25, 0.3) is 0 Å². The SMILES string of the molecule is CCN1CCCC1CNC(=NC)NCC1CCN(CC(F)(F)F)C1.I. The van der Waals surface area contributed by atoms with Crippen molar-refractivity contribution in [2.75, 3.05) is 52.9 Å². The molecule has 0 aromatic rings. The molecule has 0 bridgehead atoms. The minimum atomic E-state index is -4.10. The van der Waals surface area contributed by atoms with Crippen molar-refractivity contribution >= 4 is 29.9 Å². The summed E-state index contributed by atoms with van der Waals surface area (Å²) >= 11 is 0. The Morgan fingerprint density at radius 1 is 1.16 bits per heavy atom. The average Bonchev–Trinajstić information content (AvgIpc) is 3.14. The second kappa shape index (κ2) is 10.8. The first kappa shape index (κ1) is 22.8. The first-order valence-corrected chi connectivity index (χ1v) is 8.89. The van der Waals surface area contributed by atoms with Gasteiger partial charge in [-0.25, -0.2) is 0 Å². The standard InChI is InChI=1S/C16H30F3N5.HI/c1-3-24-7-4-5-14(24)10-22-15(20-2)21-9-13-6-8-23(11-13)12-16(17,18)19;/h13-14H,3-12H2,1-2H3,(H2,20,21,22);1H. The van der Waals surface area contributed by atoms with E-state index in [9.17, 15) is 13.2 Å². The molecule has 9 heteroatoms. The lowest BCUT2D eigenvalue weighted by Gasteiger charge is -2.24. The summed E-state index contributed by atoms with van der Waals surface area (Å²) in [6, 6.07) is 0.544. The predicted octanol–water partition coefficient (Wildman–Crippen LogP) is 2.14. The molecule has 25 heavy (non-hydrogen) atoms. The number of aliphatic imine (C=N–C) groups is 1. The molecule has 2 rings (SSSR count). The van der Waals surface area contributed by atoms with Gasteiger partial charge in [-0.1, -0.05) is 6.92 Å². The zero-order valence-corrected chi connectivity index (χ0v) is 17.4. The van der Waals surface area contributed by atoms with Gasteiger partial charge in [-0.15, -0.1) is 24.0 Å². The number of rotatable bonds is 6. The normalized spacial score (nSPS) is 25.9. The zero-order valence-electron chi connectivity index (χ0n) is 15.1. The highest BCUT2D eigenvalue weighted by atomic mass is 127. The maximum Gasteiger partial charge on any atom is 0.401 e. The van der Waals surface area contributed by atoms with E-state index in [0.29, 0.717) is 25.7 Å². The Morgan fingerprint density at radius 2 is 1.88 bits per heavy atom. The Labute approximate surface area is 165 Å². The third-order valence-corrected chi connectivity index (χ3v) is 4.97. The van der Waals surface area contributed by atoms with E-state index in [1.807, 2.05) is 0 Å². The molecule has 2 aliphatic heterocycles. The lowest BCUT2D eigenvalue weighted by molar-refractivity contribution is -0.143. The van der Waals surface area contributed by atoms with Crippen molar-refractivity contribution in [3.8, 4) is 0 Å². The van der Waals surface area contributed by atoms with Crippen LogP contribution in [0.15, 0.2) is 4.99 Å². The molecule has 0 aliphatic carbocycles. The summed E-state index contributed by atoms with van der Waals surface area (Å²) in [5.74, 6) is 0.983. The number of nitrogens with one attached hydrogen (secondary N) is 2. The van der Waals surface area contributed by atoms with Gasteiger partial charge in [0.05, 0.1) is 6.54 Å². The molecule has 0 saturated carbocycles. The minimum absolute atomic E-state index is 0. The van der Waals surface area contributed by atoms with Crippen molar-refractivity contribution < 1.29 is 13.2 Å². The van der Waals surface area contributed by atoms with Gasteiger partial charge >= 0.3 is 6.18 Å². The van der Waals surface area contributed by atoms with Gasteiger partial charge in [0.2, 0.25) is 0 Å². The second-order valence-electron chi connectivity index (χ2n) is 6.76. The molecule has 0 aromatic carbocycles. The lowest BCUT2D eigenvalue weighted by atomic mass is 10.1. The topological polar surface area (TPSA) is 42.9 Å². The minimum Gasteiger partial charge on any atom is -0.356 e. The number of alkyl halides is 3. The smallest absolute Gasteiger partial charge is 0.356 e. The van der Waals surface area contributed by atoms with Crippen LogP contribution in [-0.4, -0.2) is 80.8 Å². The van der Waals surface area contributed by atoms with E-state index in [1.54, 1.807) is 7.05 Å². The van der Waals surface area contributed by atoms with E-state index in [-0.39, 0.29) is 29.9 Å². The molecular weight excluding hydrogens is 446 g/mol. The van der Waals surface area contributed by atoms with Gasteiger partial charge < -0.3 is 10.6 Å². The largest absolute Gasteiger partial charge is 0.401 e. The number of halogens is 4. The van der Waals surface area contributed by atoms with E-state index >= 15 is 0 Å². The van der Waals surface area contributed by atoms with Crippen molar-refractivity contribution in [1.82, 2.24) is 20.4 Å². The Bertz CT molecular complexity index is 419. The van der Waals surface area contributed by atoms with E-state index in [4.69, 9.17) is 0 Å². The molecule has 0 spiro atoms. The highest BCUT2D eigenvalue weighted by Crippen LogP contribution is 2.22. The first-order chi connectivity index (χ1) is 11.4. The molecule has 0 aromatic heterocycles. The van der Waals surface area contributed by atoms with Crippen LogP contribution in [-0.2, 0) is 0 Å². The Hall–Kier alpha value is -0.290. The maximum absolute atomic E-state index is 12.4. The van der Waals surface area contributed by atoms with E-state index in [1.165, 1.54) is 17.7 Å². The lowest BCUT2D eigenvalue weighted by Crippen LogP contribution is -2.46. The summed E-state index contributed by atoms with van der Waals surface area (Å²) in [6.07, 6.45) is -0.866. The van der Waals surface area contributed by atoms with Crippen molar-refractivity contribution in [1.29, 1.82) is 0 Å². The number of nitrogens with zero attached hydrogens (tertiary/aromatic N) is 3. The van der Waals surface area contributed by atoms with Gasteiger partial charge in [-0.3, -0.25) is 14.8 Å². The van der Waals surface area contributed by atoms with E-state index < -0.39 is 12.7 Å². The maximum atomic E-state index is 12.4. The summed E-state index contributed by atoms with van der Waals surface area (Å²) in [7, 11) is 1.73. The molecule has 2 aliphatic rings. The summed E-state index contributed by atoms with van der Waals surface area (Å²) in [6.45, 7) is 6.14. The van der Waals surface area contributed by atoms with Gasteiger partial charge in [0.25, 0.3) is 0 Å². The zero-order chi connectivity index (χ0) is 17.6. The molecule has 148 valence electrons. The van der Waals surface area contributed by atoms with Gasteiger partial charge in [-0.05, 0) is 44.8 Å². The van der Waals surface area contributed by atoms with Gasteiger partial charge in [0, 0.05) is 32.7 Å². The Morgan fingerprint density at radius 3 is 2.52 bits per heavy atom. The molecule has 2 heterocycles. The summed E-state index contributed by atoms with van der Waals surface area (Å²) in [5, 5.41) is 6.62. The van der Waals surface area contributed by atoms with E-state index in [0.717, 1.165) is 32.0 Å². The van der Waals surface area contributed by atoms with Crippen LogP contribution in [0, 0.1) is 5.92 Å². The van der Waals surface area contributed by atoms with Crippen LogP contribution < -0.4 is 10.6 Å². The molecule has 2 N–H and O–H groups in total. The third kappa shape index (κ3) is 7.86. The molecule has 2 atom stereocenters. The number of likely N-dealkylation sites (tertiary alicyclic amines) is 2. The fraction of sp³-hybridized carbons (Fsp3) is 0.938. The number of hydrogen-bond donors (Lipinski definition) is 2. The van der Waals surface area contributed by atoms with Crippen LogP contribution in [0.1, 0.15) is 26.2 Å². The van der Waals surface area contributed by atoms with Crippen LogP contribution in [0.3, 0.4) is 0 Å². The van der Waals surface area contributed by atoms with Gasteiger partial charge in [-0.2, -0.15) is 13.2 Å². The predicted molar refractivity (Wildman–Crippen MR) is 106 cm³/mol. The molecule has 0 radical (unpaired) electrons. The third-order valence-electron chi connectivity index (χ3n) is 4.97. The summed E-state index contributed by atoms with van der Waals surface area (Å²) < 4.78 is 37.3. The van der Waals surface area contributed by atoms with Crippen molar-refractivity contribution in [3.63, 3.8) is 0 Å². The van der Waals surface area contributed by atoms with Crippen LogP contribution in [0.5, 0.6) is 0 Å². The van der Waals surface area contributed by atoms with Gasteiger partial charge in [0.1, 0.15) is 0 Å². The Balaban J connectivity index is 0.00000312. The molecule has 5 nitrogen and oxygen atoms in total. The van der Waals surface area contributed by atoms with Crippen LogP contribution in [0.2, 0.25) is 0 Å². The number of hydrogen-bond acceptors (Lipinski definition) is 3. The van der Waals surface area contributed by atoms with Crippen LogP contribution >= 0.6 is 24.0 Å². The fourth-order valence-electron chi connectivity index (χ4n) is 3.70. The first-order valence-electron chi connectivity index (χ1n) is 8.89.